The molecule has 0 aliphatic heterocycles. The zero-order valence-electron chi connectivity index (χ0n) is 17.4. The highest BCUT2D eigenvalue weighted by Crippen LogP contribution is 2.38. The van der Waals surface area contributed by atoms with Crippen LogP contribution in [-0.4, -0.2) is 58.9 Å². The molecule has 0 spiro atoms. The molecule has 0 unspecified atom stereocenters. The molecule has 162 valence electrons. The number of nitrogens with one attached hydrogen (secondary N) is 2. The van der Waals surface area contributed by atoms with Crippen LogP contribution in [0.2, 0.25) is 5.02 Å². The molecule has 3 aromatic rings. The van der Waals surface area contributed by atoms with E-state index in [2.05, 4.69) is 15.5 Å². The smallest absolute Gasteiger partial charge is 0.243 e. The maximum Gasteiger partial charge on any atom is 0.243 e. The molecule has 1 amide bonds. The largest absolute Gasteiger partial charge is 0.508 e. The Bertz CT molecular complexity index is 1120. The van der Waals surface area contributed by atoms with Gasteiger partial charge in [-0.1, -0.05) is 17.7 Å². The third-order valence-electron chi connectivity index (χ3n) is 5.26. The van der Waals surface area contributed by atoms with Gasteiger partial charge < -0.3 is 20.1 Å². The summed E-state index contributed by atoms with van der Waals surface area (Å²) in [5, 5.41) is 21.1. The molecule has 2 aromatic carbocycles. The number of ether oxygens (including phenoxy) is 1. The van der Waals surface area contributed by atoms with Gasteiger partial charge >= 0.3 is 0 Å². The number of likely N-dealkylation sites (N-methyl/N-ethyl adjacent to an activating group) is 1. The lowest BCUT2D eigenvalue weighted by Gasteiger charge is -2.35. The van der Waals surface area contributed by atoms with Gasteiger partial charge in [0.2, 0.25) is 5.91 Å². The van der Waals surface area contributed by atoms with Crippen LogP contribution in [-0.2, 0) is 4.79 Å². The van der Waals surface area contributed by atoms with Crippen molar-refractivity contribution in [1.29, 1.82) is 0 Å². The number of carbonyl (C=O) groups is 1. The standard InChI is InChI=1S/C23H25ClN4O3/c1-28(2)7-3-4-23(30)26-15-10-17(11-15)31-22-9-14(8-21-19(22)13-25-27-21)18-6-5-16(29)12-20(18)24/h3-6,8-9,12-13,15,17,29H,7,10-11H2,1-2H3,(H,25,27)(H,26,30)/b4-3+/t15-,17-. The fourth-order valence-electron chi connectivity index (χ4n) is 3.59. The SMILES string of the molecule is CN(C)C/C=C/C(=O)N[C@H]1C[C@H](Oc2cc(-c3ccc(O)cc3Cl)cc3[nH]ncc23)C1. The van der Waals surface area contributed by atoms with E-state index < -0.39 is 0 Å². The predicted octanol–water partition coefficient (Wildman–Crippen LogP) is 3.73. The zero-order chi connectivity index (χ0) is 22.0. The van der Waals surface area contributed by atoms with Crippen molar-refractivity contribution in [2.24, 2.45) is 0 Å². The van der Waals surface area contributed by atoms with Gasteiger partial charge in [0.25, 0.3) is 0 Å². The first-order valence-corrected chi connectivity index (χ1v) is 10.5. The number of fused-ring (bicyclic) bond motifs is 1. The predicted molar refractivity (Wildman–Crippen MR) is 121 cm³/mol. The van der Waals surface area contributed by atoms with Crippen LogP contribution in [0.5, 0.6) is 11.5 Å². The number of amides is 1. The summed E-state index contributed by atoms with van der Waals surface area (Å²) in [6.07, 6.45) is 6.67. The molecular weight excluding hydrogens is 416 g/mol. The molecule has 0 radical (unpaired) electrons. The van der Waals surface area contributed by atoms with Crippen LogP contribution in [0.15, 0.2) is 48.7 Å². The minimum atomic E-state index is -0.0773. The molecule has 0 atom stereocenters. The second-order valence-corrected chi connectivity index (χ2v) is 8.46. The molecule has 31 heavy (non-hydrogen) atoms. The molecule has 1 fully saturated rings. The zero-order valence-corrected chi connectivity index (χ0v) is 18.2. The number of H-pyrrole nitrogens is 1. The Morgan fingerprint density at radius 2 is 2.16 bits per heavy atom. The molecule has 1 saturated carbocycles. The number of nitrogens with zero attached hydrogens (tertiary/aromatic N) is 2. The van der Waals surface area contributed by atoms with Crippen LogP contribution >= 0.6 is 11.6 Å². The second kappa shape index (κ2) is 8.99. The minimum absolute atomic E-state index is 0.0136. The van der Waals surface area contributed by atoms with Gasteiger partial charge in [-0.15, -0.1) is 0 Å². The fraction of sp³-hybridized carbons (Fsp3) is 0.304. The number of carbonyl (C=O) groups excluding carboxylic acids is 1. The van der Waals surface area contributed by atoms with Gasteiger partial charge in [-0.25, -0.2) is 0 Å². The summed E-state index contributed by atoms with van der Waals surface area (Å²) < 4.78 is 6.24. The first-order valence-electron chi connectivity index (χ1n) is 10.1. The third-order valence-corrected chi connectivity index (χ3v) is 5.57. The molecule has 3 N–H and O–H groups in total. The topological polar surface area (TPSA) is 90.5 Å². The van der Waals surface area contributed by atoms with E-state index in [1.54, 1.807) is 24.4 Å². The summed E-state index contributed by atoms with van der Waals surface area (Å²) in [7, 11) is 3.91. The van der Waals surface area contributed by atoms with Gasteiger partial charge in [-0.3, -0.25) is 9.89 Å². The lowest BCUT2D eigenvalue weighted by atomic mass is 9.89. The highest BCUT2D eigenvalue weighted by atomic mass is 35.5. The number of hydrogen-bond acceptors (Lipinski definition) is 5. The summed E-state index contributed by atoms with van der Waals surface area (Å²) in [5.41, 5.74) is 2.50. The lowest BCUT2D eigenvalue weighted by molar-refractivity contribution is -0.118. The van der Waals surface area contributed by atoms with Gasteiger partial charge in [-0.2, -0.15) is 5.10 Å². The molecule has 0 bridgehead atoms. The number of aromatic hydroxyl groups is 1. The Morgan fingerprint density at radius 3 is 2.90 bits per heavy atom. The van der Waals surface area contributed by atoms with E-state index >= 15 is 0 Å². The van der Waals surface area contributed by atoms with Crippen LogP contribution in [0.1, 0.15) is 12.8 Å². The Morgan fingerprint density at radius 1 is 1.35 bits per heavy atom. The fourth-order valence-corrected chi connectivity index (χ4v) is 3.87. The Kier molecular flexibility index (Phi) is 6.15. The molecule has 0 saturated heterocycles. The molecule has 7 nitrogen and oxygen atoms in total. The van der Waals surface area contributed by atoms with Crippen molar-refractivity contribution in [2.45, 2.75) is 25.0 Å². The number of rotatable bonds is 7. The van der Waals surface area contributed by atoms with Crippen molar-refractivity contribution in [3.63, 3.8) is 0 Å². The van der Waals surface area contributed by atoms with Crippen LogP contribution in [0, 0.1) is 0 Å². The normalized spacial score (nSPS) is 18.5. The summed E-state index contributed by atoms with van der Waals surface area (Å²) >= 11 is 6.33. The average molecular weight is 441 g/mol. The van der Waals surface area contributed by atoms with Gasteiger partial charge in [0.05, 0.1) is 22.1 Å². The van der Waals surface area contributed by atoms with E-state index in [9.17, 15) is 9.90 Å². The summed E-state index contributed by atoms with van der Waals surface area (Å²) in [4.78, 5) is 14.0. The molecule has 8 heteroatoms. The first-order chi connectivity index (χ1) is 14.9. The minimum Gasteiger partial charge on any atom is -0.508 e. The molecule has 4 rings (SSSR count). The lowest BCUT2D eigenvalue weighted by Crippen LogP contribution is -2.48. The number of aromatic amines is 1. The van der Waals surface area contributed by atoms with E-state index in [0.29, 0.717) is 10.8 Å². The van der Waals surface area contributed by atoms with E-state index in [1.165, 1.54) is 6.07 Å². The Hall–Kier alpha value is -3.03. The van der Waals surface area contributed by atoms with Gasteiger partial charge in [-0.05, 0) is 50.0 Å². The number of hydrogen-bond donors (Lipinski definition) is 3. The second-order valence-electron chi connectivity index (χ2n) is 8.05. The van der Waals surface area contributed by atoms with Crippen molar-refractivity contribution in [2.75, 3.05) is 20.6 Å². The number of halogens is 1. The van der Waals surface area contributed by atoms with Crippen molar-refractivity contribution in [3.05, 3.63) is 53.7 Å². The Balaban J connectivity index is 1.43. The van der Waals surface area contributed by atoms with Crippen LogP contribution in [0.4, 0.5) is 0 Å². The molecule has 1 aliphatic rings. The highest BCUT2D eigenvalue weighted by molar-refractivity contribution is 6.33. The molecular formula is C23H25ClN4O3. The molecule has 1 aromatic heterocycles. The monoisotopic (exact) mass is 440 g/mol. The van der Waals surface area contributed by atoms with Gasteiger partial charge in [0.1, 0.15) is 17.6 Å². The highest BCUT2D eigenvalue weighted by Gasteiger charge is 2.32. The number of aromatic nitrogens is 2. The van der Waals surface area contributed by atoms with E-state index in [0.717, 1.165) is 41.4 Å². The average Bonchev–Trinajstić information content (AvgIpc) is 3.14. The quantitative estimate of drug-likeness (QED) is 0.487. The first kappa shape index (κ1) is 21.2. The van der Waals surface area contributed by atoms with E-state index in [-0.39, 0.29) is 23.8 Å². The van der Waals surface area contributed by atoms with E-state index in [4.69, 9.17) is 16.3 Å². The number of phenolic OH excluding ortho intramolecular Hbond substituents is 1. The summed E-state index contributed by atoms with van der Waals surface area (Å²) in [6.45, 7) is 0.728. The van der Waals surface area contributed by atoms with E-state index in [1.807, 2.05) is 37.2 Å². The summed E-state index contributed by atoms with van der Waals surface area (Å²) in [5.74, 6) is 0.754. The number of benzene rings is 2. The summed E-state index contributed by atoms with van der Waals surface area (Å²) in [6, 6.07) is 8.89. The molecule has 1 aliphatic carbocycles. The third kappa shape index (κ3) is 5.00. The van der Waals surface area contributed by atoms with Crippen LogP contribution < -0.4 is 10.1 Å². The van der Waals surface area contributed by atoms with Crippen molar-refractivity contribution < 1.29 is 14.6 Å². The Labute approximate surface area is 185 Å². The van der Waals surface area contributed by atoms with Crippen molar-refractivity contribution in [3.8, 4) is 22.6 Å². The van der Waals surface area contributed by atoms with Crippen LogP contribution in [0.25, 0.3) is 22.0 Å². The maximum absolute atomic E-state index is 12.0. The van der Waals surface area contributed by atoms with Gasteiger partial charge in [0, 0.05) is 37.1 Å². The molecule has 1 heterocycles. The van der Waals surface area contributed by atoms with Gasteiger partial charge in [0.15, 0.2) is 0 Å². The van der Waals surface area contributed by atoms with Crippen molar-refractivity contribution in [1.82, 2.24) is 20.4 Å². The maximum atomic E-state index is 12.0. The number of phenols is 1. The van der Waals surface area contributed by atoms with Crippen LogP contribution in [0.3, 0.4) is 0 Å². The van der Waals surface area contributed by atoms with Crippen molar-refractivity contribution >= 4 is 28.4 Å².